The van der Waals surface area contributed by atoms with Gasteiger partial charge in [0.15, 0.2) is 0 Å². The molecule has 0 unspecified atom stereocenters. The first-order chi connectivity index (χ1) is 6.59. The lowest BCUT2D eigenvalue weighted by molar-refractivity contribution is 0.283. The number of rotatable bonds is 4. The van der Waals surface area contributed by atoms with Crippen LogP contribution < -0.4 is 4.74 Å². The number of thiol groups is 1. The van der Waals surface area contributed by atoms with Crippen molar-refractivity contribution >= 4 is 24.2 Å². The van der Waals surface area contributed by atoms with Gasteiger partial charge in [-0.25, -0.2) is 0 Å². The van der Waals surface area contributed by atoms with Crippen LogP contribution in [0.2, 0.25) is 5.02 Å². The molecule has 3 heteroatoms. The summed E-state index contributed by atoms with van der Waals surface area (Å²) >= 11 is 10.1. The van der Waals surface area contributed by atoms with Crippen molar-refractivity contribution in [2.75, 3.05) is 6.61 Å². The van der Waals surface area contributed by atoms with Gasteiger partial charge in [-0.3, -0.25) is 0 Å². The highest BCUT2D eigenvalue weighted by Gasteiger charge is 2.01. The van der Waals surface area contributed by atoms with Crippen molar-refractivity contribution in [2.45, 2.75) is 25.2 Å². The van der Waals surface area contributed by atoms with Crippen LogP contribution in [0.15, 0.2) is 23.1 Å². The van der Waals surface area contributed by atoms with E-state index >= 15 is 0 Å². The average Bonchev–Trinajstić information content (AvgIpc) is 2.08. The third-order valence-corrected chi connectivity index (χ3v) is 2.46. The molecule has 1 nitrogen and oxygen atoms in total. The van der Waals surface area contributed by atoms with Crippen LogP contribution >= 0.6 is 24.2 Å². The molecule has 0 bridgehead atoms. The minimum absolute atomic E-state index is 0.658. The van der Waals surface area contributed by atoms with Gasteiger partial charge in [0.05, 0.1) is 6.61 Å². The zero-order valence-electron chi connectivity index (χ0n) is 8.46. The SMILES string of the molecule is CC(C)CCOc1ccc(Cl)cc1S. The lowest BCUT2D eigenvalue weighted by Crippen LogP contribution is -2.01. The van der Waals surface area contributed by atoms with Crippen LogP contribution in [0.5, 0.6) is 5.75 Å². The van der Waals surface area contributed by atoms with Crippen molar-refractivity contribution in [2.24, 2.45) is 5.92 Å². The van der Waals surface area contributed by atoms with E-state index in [1.54, 1.807) is 6.07 Å². The van der Waals surface area contributed by atoms with Gasteiger partial charge >= 0.3 is 0 Å². The van der Waals surface area contributed by atoms with Crippen LogP contribution in [-0.2, 0) is 0 Å². The zero-order valence-corrected chi connectivity index (χ0v) is 10.1. The summed E-state index contributed by atoms with van der Waals surface area (Å²) in [5.41, 5.74) is 0. The molecule has 0 fully saturated rings. The minimum Gasteiger partial charge on any atom is -0.492 e. The molecule has 0 radical (unpaired) electrons. The summed E-state index contributed by atoms with van der Waals surface area (Å²) in [5.74, 6) is 1.46. The Morgan fingerprint density at radius 1 is 1.43 bits per heavy atom. The van der Waals surface area contributed by atoms with Crippen LogP contribution in [0.3, 0.4) is 0 Å². The van der Waals surface area contributed by atoms with E-state index in [1.165, 1.54) is 0 Å². The van der Waals surface area contributed by atoms with Crippen LogP contribution in [0, 0.1) is 5.92 Å². The van der Waals surface area contributed by atoms with E-state index in [0.717, 1.165) is 23.7 Å². The topological polar surface area (TPSA) is 9.23 Å². The Labute approximate surface area is 95.8 Å². The fraction of sp³-hybridized carbons (Fsp3) is 0.455. The van der Waals surface area contributed by atoms with Gasteiger partial charge < -0.3 is 4.74 Å². The number of ether oxygens (including phenoxy) is 1. The van der Waals surface area contributed by atoms with Gasteiger partial charge in [-0.2, -0.15) is 0 Å². The largest absolute Gasteiger partial charge is 0.492 e. The Kier molecular flexibility index (Phi) is 4.63. The summed E-state index contributed by atoms with van der Waals surface area (Å²) in [4.78, 5) is 0.793. The highest BCUT2D eigenvalue weighted by atomic mass is 35.5. The third-order valence-electron chi connectivity index (χ3n) is 1.87. The van der Waals surface area contributed by atoms with Crippen molar-refractivity contribution in [1.82, 2.24) is 0 Å². The molecule has 0 aliphatic carbocycles. The maximum absolute atomic E-state index is 5.80. The average molecular weight is 231 g/mol. The molecule has 0 aliphatic rings. The van der Waals surface area contributed by atoms with E-state index in [0.29, 0.717) is 10.9 Å². The highest BCUT2D eigenvalue weighted by molar-refractivity contribution is 7.80. The summed E-state index contributed by atoms with van der Waals surface area (Å²) in [6.07, 6.45) is 1.05. The number of hydrogen-bond donors (Lipinski definition) is 1. The lowest BCUT2D eigenvalue weighted by atomic mass is 10.1. The Morgan fingerprint density at radius 2 is 2.14 bits per heavy atom. The van der Waals surface area contributed by atoms with E-state index in [2.05, 4.69) is 26.5 Å². The van der Waals surface area contributed by atoms with E-state index < -0.39 is 0 Å². The quantitative estimate of drug-likeness (QED) is 0.768. The predicted molar refractivity (Wildman–Crippen MR) is 63.7 cm³/mol. The summed E-state index contributed by atoms with van der Waals surface area (Å²) < 4.78 is 5.57. The van der Waals surface area contributed by atoms with E-state index in [-0.39, 0.29) is 0 Å². The van der Waals surface area contributed by atoms with Crippen molar-refractivity contribution in [3.8, 4) is 5.75 Å². The van der Waals surface area contributed by atoms with Crippen molar-refractivity contribution in [3.63, 3.8) is 0 Å². The monoisotopic (exact) mass is 230 g/mol. The first kappa shape index (κ1) is 11.7. The zero-order chi connectivity index (χ0) is 10.6. The molecule has 0 N–H and O–H groups in total. The van der Waals surface area contributed by atoms with Crippen LogP contribution in [0.4, 0.5) is 0 Å². The Bertz CT molecular complexity index is 299. The third kappa shape index (κ3) is 3.81. The molecule has 0 heterocycles. The molecule has 0 saturated heterocycles. The lowest BCUT2D eigenvalue weighted by Gasteiger charge is -2.09. The van der Waals surface area contributed by atoms with Crippen LogP contribution in [0.1, 0.15) is 20.3 Å². The van der Waals surface area contributed by atoms with E-state index in [1.807, 2.05) is 12.1 Å². The first-order valence-electron chi connectivity index (χ1n) is 4.71. The smallest absolute Gasteiger partial charge is 0.132 e. The molecule has 0 atom stereocenters. The molecule has 0 amide bonds. The number of benzene rings is 1. The fourth-order valence-electron chi connectivity index (χ4n) is 1.02. The maximum atomic E-state index is 5.80. The van der Waals surface area contributed by atoms with Gasteiger partial charge in [-0.15, -0.1) is 12.6 Å². The molecule has 0 spiro atoms. The second kappa shape index (κ2) is 5.52. The van der Waals surface area contributed by atoms with Crippen LogP contribution in [-0.4, -0.2) is 6.61 Å². The Hall–Kier alpha value is -0.340. The second-order valence-electron chi connectivity index (χ2n) is 3.64. The minimum atomic E-state index is 0.658. The molecular formula is C11H15ClOS. The summed E-state index contributed by atoms with van der Waals surface area (Å²) in [5, 5.41) is 0.686. The molecule has 78 valence electrons. The van der Waals surface area contributed by atoms with Crippen molar-refractivity contribution < 1.29 is 4.74 Å². The molecule has 14 heavy (non-hydrogen) atoms. The van der Waals surface area contributed by atoms with E-state index in [9.17, 15) is 0 Å². The summed E-state index contributed by atoms with van der Waals surface area (Å²) in [6.45, 7) is 5.08. The Balaban J connectivity index is 2.51. The second-order valence-corrected chi connectivity index (χ2v) is 4.56. The molecule has 1 rings (SSSR count). The molecular weight excluding hydrogens is 216 g/mol. The Morgan fingerprint density at radius 3 is 2.71 bits per heavy atom. The predicted octanol–water partition coefficient (Wildman–Crippen LogP) is 4.05. The molecule has 0 saturated carbocycles. The van der Waals surface area contributed by atoms with Gasteiger partial charge in [0.2, 0.25) is 0 Å². The van der Waals surface area contributed by atoms with Crippen molar-refractivity contribution in [3.05, 3.63) is 23.2 Å². The molecule has 1 aromatic rings. The summed E-state index contributed by atoms with van der Waals surface area (Å²) in [7, 11) is 0. The molecule has 0 aliphatic heterocycles. The van der Waals surface area contributed by atoms with Gasteiger partial charge in [-0.1, -0.05) is 25.4 Å². The molecule has 1 aromatic carbocycles. The van der Waals surface area contributed by atoms with Crippen LogP contribution in [0.25, 0.3) is 0 Å². The van der Waals surface area contributed by atoms with Gasteiger partial charge in [-0.05, 0) is 30.5 Å². The highest BCUT2D eigenvalue weighted by Crippen LogP contribution is 2.26. The number of halogens is 1. The van der Waals surface area contributed by atoms with Gasteiger partial charge in [0, 0.05) is 9.92 Å². The number of hydrogen-bond acceptors (Lipinski definition) is 2. The van der Waals surface area contributed by atoms with Crippen molar-refractivity contribution in [1.29, 1.82) is 0 Å². The summed E-state index contributed by atoms with van der Waals surface area (Å²) in [6, 6.07) is 5.45. The normalized spacial score (nSPS) is 10.6. The van der Waals surface area contributed by atoms with Gasteiger partial charge in [0.25, 0.3) is 0 Å². The van der Waals surface area contributed by atoms with Gasteiger partial charge in [0.1, 0.15) is 5.75 Å². The first-order valence-corrected chi connectivity index (χ1v) is 5.53. The molecule has 0 aromatic heterocycles. The standard InChI is InChI=1S/C11H15ClOS/c1-8(2)5-6-13-10-4-3-9(12)7-11(10)14/h3-4,7-8,14H,5-6H2,1-2H3. The van der Waals surface area contributed by atoms with E-state index in [4.69, 9.17) is 16.3 Å². The maximum Gasteiger partial charge on any atom is 0.132 e. The fourth-order valence-corrected chi connectivity index (χ4v) is 1.54.